The Kier molecular flexibility index (Phi) is 3.79. The summed E-state index contributed by atoms with van der Waals surface area (Å²) in [4.78, 5) is 20.2. The van der Waals surface area contributed by atoms with E-state index < -0.39 is 0 Å². The minimum Gasteiger partial charge on any atom is -0.397 e. The molecule has 19 heavy (non-hydrogen) atoms. The highest BCUT2D eigenvalue weighted by molar-refractivity contribution is 5.96. The van der Waals surface area contributed by atoms with Crippen LogP contribution in [0.15, 0.2) is 31.0 Å². The zero-order valence-corrected chi connectivity index (χ0v) is 11.0. The van der Waals surface area contributed by atoms with Crippen molar-refractivity contribution in [1.82, 2.24) is 19.9 Å². The van der Waals surface area contributed by atoms with Gasteiger partial charge in [0.15, 0.2) is 0 Å². The Morgan fingerprint density at radius 2 is 2.37 bits per heavy atom. The number of carbonyl (C=O) groups is 1. The number of imidazole rings is 1. The first-order valence-electron chi connectivity index (χ1n) is 6.05. The fourth-order valence-corrected chi connectivity index (χ4v) is 1.84. The average molecular weight is 259 g/mol. The SMILES string of the molecule is Cc1ncc(N)cc1C(=O)NC(C)Cn1ccnc1. The number of rotatable bonds is 4. The third-order valence-electron chi connectivity index (χ3n) is 2.77. The summed E-state index contributed by atoms with van der Waals surface area (Å²) in [5.74, 6) is -0.162. The van der Waals surface area contributed by atoms with Gasteiger partial charge in [-0.1, -0.05) is 0 Å². The Balaban J connectivity index is 2.02. The number of nitrogens with one attached hydrogen (secondary N) is 1. The highest BCUT2D eigenvalue weighted by atomic mass is 16.1. The number of nitrogens with zero attached hydrogens (tertiary/aromatic N) is 3. The number of carbonyl (C=O) groups excluding carboxylic acids is 1. The molecule has 2 rings (SSSR count). The van der Waals surface area contributed by atoms with Gasteiger partial charge in [0.05, 0.1) is 29.5 Å². The van der Waals surface area contributed by atoms with E-state index in [1.165, 1.54) is 0 Å². The number of aromatic nitrogens is 3. The Bertz CT molecular complexity index is 564. The van der Waals surface area contributed by atoms with E-state index in [1.807, 2.05) is 17.7 Å². The van der Waals surface area contributed by atoms with Gasteiger partial charge >= 0.3 is 0 Å². The molecule has 0 spiro atoms. The van der Waals surface area contributed by atoms with Crippen LogP contribution in [0.4, 0.5) is 5.69 Å². The Morgan fingerprint density at radius 1 is 1.58 bits per heavy atom. The van der Waals surface area contributed by atoms with Crippen molar-refractivity contribution >= 4 is 11.6 Å². The molecule has 1 amide bonds. The second kappa shape index (κ2) is 5.51. The van der Waals surface area contributed by atoms with Crippen molar-refractivity contribution in [3.63, 3.8) is 0 Å². The molecule has 100 valence electrons. The zero-order valence-electron chi connectivity index (χ0n) is 11.0. The third kappa shape index (κ3) is 3.31. The topological polar surface area (TPSA) is 85.8 Å². The number of hydrogen-bond acceptors (Lipinski definition) is 4. The lowest BCUT2D eigenvalue weighted by Gasteiger charge is -2.15. The molecule has 0 aromatic carbocycles. The maximum absolute atomic E-state index is 12.1. The fraction of sp³-hybridized carbons (Fsp3) is 0.308. The molecule has 6 heteroatoms. The molecule has 0 aliphatic heterocycles. The lowest BCUT2D eigenvalue weighted by atomic mass is 10.1. The average Bonchev–Trinajstić information content (AvgIpc) is 2.84. The number of aryl methyl sites for hydroxylation is 1. The third-order valence-corrected chi connectivity index (χ3v) is 2.77. The Hall–Kier alpha value is -2.37. The summed E-state index contributed by atoms with van der Waals surface area (Å²) < 4.78 is 1.91. The molecule has 6 nitrogen and oxygen atoms in total. The molecule has 2 heterocycles. The van der Waals surface area contributed by atoms with Crippen LogP contribution in [0, 0.1) is 6.92 Å². The minimum atomic E-state index is -0.162. The van der Waals surface area contributed by atoms with E-state index in [0.717, 1.165) is 0 Å². The van der Waals surface area contributed by atoms with Gasteiger partial charge in [-0.2, -0.15) is 0 Å². The van der Waals surface area contributed by atoms with Gasteiger partial charge in [0.2, 0.25) is 0 Å². The lowest BCUT2D eigenvalue weighted by molar-refractivity contribution is 0.0935. The molecule has 2 aromatic rings. The van der Waals surface area contributed by atoms with Gasteiger partial charge in [-0.25, -0.2) is 4.98 Å². The van der Waals surface area contributed by atoms with Crippen LogP contribution in [0.2, 0.25) is 0 Å². The summed E-state index contributed by atoms with van der Waals surface area (Å²) in [6.07, 6.45) is 6.83. The quantitative estimate of drug-likeness (QED) is 0.857. The predicted octanol–water partition coefficient (Wildman–Crippen LogP) is 0.987. The van der Waals surface area contributed by atoms with Crippen LogP contribution in [0.3, 0.4) is 0 Å². The second-order valence-corrected chi connectivity index (χ2v) is 4.54. The second-order valence-electron chi connectivity index (χ2n) is 4.54. The number of amides is 1. The number of pyridine rings is 1. The van der Waals surface area contributed by atoms with Gasteiger partial charge < -0.3 is 15.6 Å². The van der Waals surface area contributed by atoms with Gasteiger partial charge in [-0.05, 0) is 19.9 Å². The van der Waals surface area contributed by atoms with Crippen molar-refractivity contribution in [1.29, 1.82) is 0 Å². The summed E-state index contributed by atoms with van der Waals surface area (Å²) in [5, 5.41) is 2.92. The number of anilines is 1. The molecule has 0 aliphatic carbocycles. The molecular weight excluding hydrogens is 242 g/mol. The minimum absolute atomic E-state index is 0.0115. The van der Waals surface area contributed by atoms with Gasteiger partial charge in [0.25, 0.3) is 5.91 Å². The van der Waals surface area contributed by atoms with Crippen molar-refractivity contribution in [3.8, 4) is 0 Å². The van der Waals surface area contributed by atoms with Crippen LogP contribution < -0.4 is 11.1 Å². The molecular formula is C13H17N5O. The lowest BCUT2D eigenvalue weighted by Crippen LogP contribution is -2.36. The highest BCUT2D eigenvalue weighted by Gasteiger charge is 2.13. The molecule has 1 unspecified atom stereocenters. The molecule has 0 aliphatic rings. The van der Waals surface area contributed by atoms with E-state index in [4.69, 9.17) is 5.73 Å². The Labute approximate surface area is 111 Å². The molecule has 0 fully saturated rings. The molecule has 0 saturated carbocycles. The summed E-state index contributed by atoms with van der Waals surface area (Å²) in [6.45, 7) is 4.39. The maximum atomic E-state index is 12.1. The number of nitrogens with two attached hydrogens (primary N) is 1. The van der Waals surface area contributed by atoms with E-state index in [-0.39, 0.29) is 11.9 Å². The van der Waals surface area contributed by atoms with Crippen molar-refractivity contribution in [2.45, 2.75) is 26.4 Å². The van der Waals surface area contributed by atoms with Crippen molar-refractivity contribution in [2.24, 2.45) is 0 Å². The first-order chi connectivity index (χ1) is 9.06. The molecule has 0 saturated heterocycles. The van der Waals surface area contributed by atoms with E-state index in [2.05, 4.69) is 15.3 Å². The molecule has 1 atom stereocenters. The monoisotopic (exact) mass is 259 g/mol. The van der Waals surface area contributed by atoms with Crippen molar-refractivity contribution in [3.05, 3.63) is 42.2 Å². The Morgan fingerprint density at radius 3 is 3.05 bits per heavy atom. The predicted molar refractivity (Wildman–Crippen MR) is 72.5 cm³/mol. The van der Waals surface area contributed by atoms with Gasteiger partial charge in [-0.15, -0.1) is 0 Å². The largest absolute Gasteiger partial charge is 0.397 e. The van der Waals surface area contributed by atoms with Crippen LogP contribution in [-0.2, 0) is 6.54 Å². The van der Waals surface area contributed by atoms with Crippen LogP contribution in [-0.4, -0.2) is 26.5 Å². The molecule has 0 bridgehead atoms. The van der Waals surface area contributed by atoms with Crippen LogP contribution in [0.5, 0.6) is 0 Å². The van der Waals surface area contributed by atoms with E-state index in [1.54, 1.807) is 31.7 Å². The van der Waals surface area contributed by atoms with Crippen LogP contribution in [0.25, 0.3) is 0 Å². The van der Waals surface area contributed by atoms with Gasteiger partial charge in [0.1, 0.15) is 0 Å². The number of nitrogen functional groups attached to an aromatic ring is 1. The van der Waals surface area contributed by atoms with Crippen LogP contribution in [0.1, 0.15) is 23.0 Å². The molecule has 3 N–H and O–H groups in total. The standard InChI is InChI=1S/C13H17N5O/c1-9(7-18-4-3-15-8-18)17-13(19)12-5-11(14)6-16-10(12)2/h3-6,8-9H,7,14H2,1-2H3,(H,17,19). The fourth-order valence-electron chi connectivity index (χ4n) is 1.84. The highest BCUT2D eigenvalue weighted by Crippen LogP contribution is 2.09. The van der Waals surface area contributed by atoms with Crippen molar-refractivity contribution < 1.29 is 4.79 Å². The van der Waals surface area contributed by atoms with Crippen LogP contribution >= 0.6 is 0 Å². The van der Waals surface area contributed by atoms with Gasteiger partial charge in [0, 0.05) is 25.0 Å². The normalized spacial score (nSPS) is 12.1. The number of hydrogen-bond donors (Lipinski definition) is 2. The zero-order chi connectivity index (χ0) is 13.8. The van der Waals surface area contributed by atoms with E-state index in [9.17, 15) is 4.79 Å². The summed E-state index contributed by atoms with van der Waals surface area (Å²) >= 11 is 0. The first-order valence-corrected chi connectivity index (χ1v) is 6.05. The molecule has 0 radical (unpaired) electrons. The maximum Gasteiger partial charge on any atom is 0.253 e. The smallest absolute Gasteiger partial charge is 0.253 e. The molecule has 2 aromatic heterocycles. The summed E-state index contributed by atoms with van der Waals surface area (Å²) in [5.41, 5.74) is 7.31. The van der Waals surface area contributed by atoms with E-state index in [0.29, 0.717) is 23.5 Å². The summed E-state index contributed by atoms with van der Waals surface area (Å²) in [6, 6.07) is 1.63. The van der Waals surface area contributed by atoms with E-state index >= 15 is 0 Å². The first kappa shape index (κ1) is 13.1. The summed E-state index contributed by atoms with van der Waals surface area (Å²) in [7, 11) is 0. The van der Waals surface area contributed by atoms with Crippen molar-refractivity contribution in [2.75, 3.05) is 5.73 Å². The van der Waals surface area contributed by atoms with Gasteiger partial charge in [-0.3, -0.25) is 9.78 Å².